The van der Waals surface area contributed by atoms with Gasteiger partial charge in [-0.2, -0.15) is 5.10 Å². The predicted molar refractivity (Wildman–Crippen MR) is 120 cm³/mol. The van der Waals surface area contributed by atoms with Crippen molar-refractivity contribution < 1.29 is 4.79 Å². The first-order valence-electron chi connectivity index (χ1n) is 11.2. The zero-order valence-electron chi connectivity index (χ0n) is 19.6. The van der Waals surface area contributed by atoms with E-state index in [2.05, 4.69) is 50.9 Å². The third-order valence-corrected chi connectivity index (χ3v) is 6.55. The van der Waals surface area contributed by atoms with Gasteiger partial charge in [0, 0.05) is 71.2 Å². The number of nitrogens with zero attached hydrogens (tertiary/aromatic N) is 6. The second-order valence-corrected chi connectivity index (χ2v) is 9.18. The molecule has 8 heteroatoms. The van der Waals surface area contributed by atoms with Gasteiger partial charge in [0.05, 0.1) is 12.2 Å². The largest absolute Gasteiger partial charge is 0.352 e. The molecule has 2 saturated heterocycles. The van der Waals surface area contributed by atoms with Crippen molar-refractivity contribution in [2.24, 2.45) is 23.9 Å². The maximum Gasteiger partial charge on any atom is 0.236 e. The number of hydrogen-bond acceptors (Lipinski definition) is 4. The number of hydrogen-bond donors (Lipinski definition) is 1. The maximum atomic E-state index is 12.8. The number of nitrogens with one attached hydrogen (secondary N) is 1. The summed E-state index contributed by atoms with van der Waals surface area (Å²) in [6, 6.07) is 0. The molecular weight excluding hydrogens is 378 g/mol. The van der Waals surface area contributed by atoms with Gasteiger partial charge in [-0.15, -0.1) is 0 Å². The average molecular weight is 418 g/mol. The van der Waals surface area contributed by atoms with Gasteiger partial charge in [-0.25, -0.2) is 0 Å². The summed E-state index contributed by atoms with van der Waals surface area (Å²) in [5.41, 5.74) is 3.47. The smallest absolute Gasteiger partial charge is 0.236 e. The summed E-state index contributed by atoms with van der Waals surface area (Å²) in [5.74, 6) is 2.42. The molecule has 1 N–H and O–H groups in total. The summed E-state index contributed by atoms with van der Waals surface area (Å²) in [5, 5.41) is 7.99. The molecule has 168 valence electrons. The second-order valence-electron chi connectivity index (χ2n) is 9.18. The van der Waals surface area contributed by atoms with Crippen LogP contribution in [0.3, 0.4) is 0 Å². The molecule has 1 aromatic heterocycles. The van der Waals surface area contributed by atoms with E-state index in [-0.39, 0.29) is 5.91 Å². The number of guanidine groups is 1. The third kappa shape index (κ3) is 5.33. The average Bonchev–Trinajstić information content (AvgIpc) is 2.94. The van der Waals surface area contributed by atoms with Crippen LogP contribution < -0.4 is 5.32 Å². The number of piperidine rings is 1. The lowest BCUT2D eigenvalue weighted by molar-refractivity contribution is -0.135. The minimum absolute atomic E-state index is 0.284. The second kappa shape index (κ2) is 9.81. The molecule has 2 fully saturated rings. The third-order valence-electron chi connectivity index (χ3n) is 6.55. The first-order chi connectivity index (χ1) is 14.3. The van der Waals surface area contributed by atoms with Crippen LogP contribution in [-0.2, 0) is 18.4 Å². The van der Waals surface area contributed by atoms with Crippen LogP contribution in [0.2, 0.25) is 0 Å². The lowest BCUT2D eigenvalue weighted by Crippen LogP contribution is -2.55. The van der Waals surface area contributed by atoms with Crippen LogP contribution in [0, 0.1) is 25.7 Å². The van der Waals surface area contributed by atoms with Gasteiger partial charge >= 0.3 is 0 Å². The monoisotopic (exact) mass is 417 g/mol. The van der Waals surface area contributed by atoms with Gasteiger partial charge in [0.2, 0.25) is 5.91 Å². The summed E-state index contributed by atoms with van der Waals surface area (Å²) in [6.07, 6.45) is 1.23. The quantitative estimate of drug-likeness (QED) is 0.590. The van der Waals surface area contributed by atoms with Crippen LogP contribution in [0.5, 0.6) is 0 Å². The zero-order valence-corrected chi connectivity index (χ0v) is 19.6. The van der Waals surface area contributed by atoms with Crippen LogP contribution in [-0.4, -0.2) is 89.2 Å². The van der Waals surface area contributed by atoms with Crippen LogP contribution in [0.15, 0.2) is 4.99 Å². The Morgan fingerprint density at radius 2 is 1.73 bits per heavy atom. The van der Waals surface area contributed by atoms with Crippen molar-refractivity contribution in [1.82, 2.24) is 29.8 Å². The van der Waals surface area contributed by atoms with E-state index in [4.69, 9.17) is 0 Å². The summed E-state index contributed by atoms with van der Waals surface area (Å²) in [4.78, 5) is 23.9. The molecule has 0 aromatic carbocycles. The Balaban J connectivity index is 1.47. The minimum Gasteiger partial charge on any atom is -0.352 e. The highest BCUT2D eigenvalue weighted by Gasteiger charge is 2.28. The van der Waals surface area contributed by atoms with E-state index in [0.717, 1.165) is 57.5 Å². The van der Waals surface area contributed by atoms with Crippen molar-refractivity contribution in [2.75, 3.05) is 52.9 Å². The van der Waals surface area contributed by atoms with Crippen LogP contribution in [0.1, 0.15) is 37.2 Å². The molecule has 0 radical (unpaired) electrons. The number of aromatic nitrogens is 2. The van der Waals surface area contributed by atoms with E-state index in [1.165, 1.54) is 17.7 Å². The highest BCUT2D eigenvalue weighted by atomic mass is 16.2. The van der Waals surface area contributed by atoms with Crippen LogP contribution in [0.4, 0.5) is 0 Å². The number of aryl methyl sites for hydroxylation is 2. The van der Waals surface area contributed by atoms with E-state index >= 15 is 0 Å². The van der Waals surface area contributed by atoms with Crippen molar-refractivity contribution in [3.63, 3.8) is 0 Å². The molecule has 0 bridgehead atoms. The molecular formula is C22H39N7O. The summed E-state index contributed by atoms with van der Waals surface area (Å²) in [7, 11) is 3.81. The van der Waals surface area contributed by atoms with Crippen molar-refractivity contribution in [3.05, 3.63) is 17.0 Å². The minimum atomic E-state index is 0.284. The molecule has 2 aliphatic heterocycles. The van der Waals surface area contributed by atoms with Crippen molar-refractivity contribution >= 4 is 11.9 Å². The first kappa shape index (κ1) is 22.6. The normalized spacial score (nSPS) is 23.7. The maximum absolute atomic E-state index is 12.8. The number of carbonyl (C=O) groups excluding carboxylic acids is 1. The Labute approximate surface area is 181 Å². The topological polar surface area (TPSA) is 69.0 Å². The van der Waals surface area contributed by atoms with Gasteiger partial charge in [0.1, 0.15) is 0 Å². The Morgan fingerprint density at radius 1 is 1.10 bits per heavy atom. The van der Waals surface area contributed by atoms with E-state index in [9.17, 15) is 4.79 Å². The highest BCUT2D eigenvalue weighted by Crippen LogP contribution is 2.21. The molecule has 3 heterocycles. The molecule has 0 aliphatic carbocycles. The molecule has 2 unspecified atom stereocenters. The van der Waals surface area contributed by atoms with Gasteiger partial charge in [-0.3, -0.25) is 19.4 Å². The van der Waals surface area contributed by atoms with E-state index in [1.807, 2.05) is 25.7 Å². The van der Waals surface area contributed by atoms with Gasteiger partial charge in [0.15, 0.2) is 5.96 Å². The number of piperazine rings is 1. The molecule has 0 spiro atoms. The SMILES string of the molecule is CN=C(NCc1c(C)nn(C)c1C)N1CCN(CC(=O)N2CC(C)CC(C)C2)CC1. The molecule has 8 nitrogen and oxygen atoms in total. The van der Waals surface area contributed by atoms with Gasteiger partial charge in [-0.1, -0.05) is 13.8 Å². The van der Waals surface area contributed by atoms with E-state index < -0.39 is 0 Å². The van der Waals surface area contributed by atoms with Gasteiger partial charge < -0.3 is 15.1 Å². The van der Waals surface area contributed by atoms with Crippen molar-refractivity contribution in [2.45, 2.75) is 40.7 Å². The molecule has 0 saturated carbocycles. The highest BCUT2D eigenvalue weighted by molar-refractivity contribution is 5.80. The number of amides is 1. The van der Waals surface area contributed by atoms with Crippen molar-refractivity contribution in [1.29, 1.82) is 0 Å². The Hall–Kier alpha value is -2.09. The van der Waals surface area contributed by atoms with Gasteiger partial charge in [0.25, 0.3) is 0 Å². The van der Waals surface area contributed by atoms with Crippen LogP contribution in [0.25, 0.3) is 0 Å². The fraction of sp³-hybridized carbons (Fsp3) is 0.773. The molecule has 3 rings (SSSR count). The van der Waals surface area contributed by atoms with Crippen LogP contribution >= 0.6 is 0 Å². The Bertz CT molecular complexity index is 754. The van der Waals surface area contributed by atoms with Crippen molar-refractivity contribution in [3.8, 4) is 0 Å². The van der Waals surface area contributed by atoms with E-state index in [0.29, 0.717) is 18.4 Å². The number of carbonyl (C=O) groups is 1. The number of rotatable bonds is 4. The Kier molecular flexibility index (Phi) is 7.39. The molecule has 2 atom stereocenters. The molecule has 2 aliphatic rings. The standard InChI is InChI=1S/C22H39N7O/c1-16-11-17(2)14-29(13-16)21(30)15-27-7-9-28(10-8-27)22(23-5)24-12-20-18(3)25-26(6)19(20)4/h16-17H,7-15H2,1-6H3,(H,23,24). The summed E-state index contributed by atoms with van der Waals surface area (Å²) < 4.78 is 1.93. The fourth-order valence-corrected chi connectivity index (χ4v) is 4.85. The lowest BCUT2D eigenvalue weighted by atomic mass is 9.92. The number of aliphatic imine (C=N–C) groups is 1. The number of likely N-dealkylation sites (tertiary alicyclic amines) is 1. The molecule has 30 heavy (non-hydrogen) atoms. The molecule has 1 amide bonds. The van der Waals surface area contributed by atoms with Gasteiger partial charge in [-0.05, 0) is 32.1 Å². The predicted octanol–water partition coefficient (Wildman–Crippen LogP) is 1.23. The zero-order chi connectivity index (χ0) is 21.8. The summed E-state index contributed by atoms with van der Waals surface area (Å²) >= 11 is 0. The lowest BCUT2D eigenvalue weighted by Gasteiger charge is -2.39. The fourth-order valence-electron chi connectivity index (χ4n) is 4.85. The van der Waals surface area contributed by atoms with E-state index in [1.54, 1.807) is 0 Å². The summed E-state index contributed by atoms with van der Waals surface area (Å²) in [6.45, 7) is 15.3. The Morgan fingerprint density at radius 3 is 2.27 bits per heavy atom. The first-order valence-corrected chi connectivity index (χ1v) is 11.2. The molecule has 1 aromatic rings.